The summed E-state index contributed by atoms with van der Waals surface area (Å²) in [4.78, 5) is 26.7. The number of non-ortho nitro benzene ring substituents is 1. The Labute approximate surface area is 166 Å². The van der Waals surface area contributed by atoms with Gasteiger partial charge in [-0.2, -0.15) is 0 Å². The minimum Gasteiger partial charge on any atom is -0.309 e. The second-order valence-electron chi connectivity index (χ2n) is 5.86. The number of rotatable bonds is 7. The first kappa shape index (κ1) is 20.0. The van der Waals surface area contributed by atoms with Crippen molar-refractivity contribution in [2.45, 2.75) is 4.90 Å². The number of anilines is 2. The third kappa shape index (κ3) is 4.74. The molecule has 0 unspecified atom stereocenters. The number of nitro benzene ring substituents is 1. The van der Waals surface area contributed by atoms with E-state index in [1.54, 1.807) is 36.4 Å². The zero-order valence-corrected chi connectivity index (χ0v) is 15.8. The van der Waals surface area contributed by atoms with Crippen molar-refractivity contribution in [1.82, 2.24) is 4.98 Å². The SMILES string of the molecule is O=C(CN(c1ccc([N+](=O)[O-])cc1)S(=O)(=O)c1ccccc1)Nc1ccccn1. The first-order valence-electron chi connectivity index (χ1n) is 8.41. The van der Waals surface area contributed by atoms with E-state index >= 15 is 0 Å². The highest BCUT2D eigenvalue weighted by atomic mass is 32.2. The summed E-state index contributed by atoms with van der Waals surface area (Å²) in [5.74, 6) is -0.334. The number of carbonyl (C=O) groups is 1. The van der Waals surface area contributed by atoms with Crippen LogP contribution in [0.5, 0.6) is 0 Å². The average Bonchev–Trinajstić information content (AvgIpc) is 2.73. The van der Waals surface area contributed by atoms with Gasteiger partial charge in [0.05, 0.1) is 15.5 Å². The summed E-state index contributed by atoms with van der Waals surface area (Å²) in [6.07, 6.45) is 1.49. The second kappa shape index (κ2) is 8.48. The van der Waals surface area contributed by atoms with Crippen LogP contribution in [-0.4, -0.2) is 30.8 Å². The molecule has 29 heavy (non-hydrogen) atoms. The lowest BCUT2D eigenvalue weighted by atomic mass is 10.3. The molecule has 1 heterocycles. The minimum absolute atomic E-state index is 0.0102. The molecule has 2 aromatic carbocycles. The Hall–Kier alpha value is -3.79. The first-order valence-corrected chi connectivity index (χ1v) is 9.85. The number of hydrogen-bond acceptors (Lipinski definition) is 6. The number of amides is 1. The van der Waals surface area contributed by atoms with E-state index in [4.69, 9.17) is 0 Å². The first-order chi connectivity index (χ1) is 13.9. The summed E-state index contributed by atoms with van der Waals surface area (Å²) < 4.78 is 27.2. The van der Waals surface area contributed by atoms with Gasteiger partial charge in [0.1, 0.15) is 12.4 Å². The van der Waals surface area contributed by atoms with E-state index in [2.05, 4.69) is 10.3 Å². The van der Waals surface area contributed by atoms with Crippen LogP contribution in [0.1, 0.15) is 0 Å². The Kier molecular flexibility index (Phi) is 5.84. The molecule has 3 aromatic rings. The predicted octanol–water partition coefficient (Wildman–Crippen LogP) is 2.82. The molecule has 0 spiro atoms. The third-order valence-electron chi connectivity index (χ3n) is 3.90. The Morgan fingerprint density at radius 2 is 1.66 bits per heavy atom. The van der Waals surface area contributed by atoms with E-state index in [-0.39, 0.29) is 22.1 Å². The Morgan fingerprint density at radius 3 is 2.24 bits per heavy atom. The Bertz CT molecular complexity index is 1100. The van der Waals surface area contributed by atoms with E-state index in [0.717, 1.165) is 4.31 Å². The van der Waals surface area contributed by atoms with Crippen molar-refractivity contribution in [3.8, 4) is 0 Å². The number of hydrogen-bond donors (Lipinski definition) is 1. The zero-order valence-electron chi connectivity index (χ0n) is 15.0. The van der Waals surface area contributed by atoms with Crippen molar-refractivity contribution in [3.05, 3.63) is 89.1 Å². The van der Waals surface area contributed by atoms with Gasteiger partial charge in [0.2, 0.25) is 5.91 Å². The van der Waals surface area contributed by atoms with Crippen molar-refractivity contribution in [1.29, 1.82) is 0 Å². The van der Waals surface area contributed by atoms with Crippen molar-refractivity contribution < 1.29 is 18.1 Å². The molecule has 0 aliphatic rings. The Balaban J connectivity index is 1.95. The topological polar surface area (TPSA) is 123 Å². The predicted molar refractivity (Wildman–Crippen MR) is 107 cm³/mol. The fraction of sp³-hybridized carbons (Fsp3) is 0.0526. The molecular weight excluding hydrogens is 396 g/mol. The number of carbonyl (C=O) groups excluding carboxylic acids is 1. The molecule has 0 fully saturated rings. The maximum Gasteiger partial charge on any atom is 0.269 e. The largest absolute Gasteiger partial charge is 0.309 e. The molecular formula is C19H16N4O5S. The number of sulfonamides is 1. The molecule has 1 N–H and O–H groups in total. The molecule has 0 aliphatic heterocycles. The molecule has 0 atom stereocenters. The molecule has 0 bridgehead atoms. The summed E-state index contributed by atoms with van der Waals surface area (Å²) in [5.41, 5.74) is -0.0700. The minimum atomic E-state index is -4.09. The van der Waals surface area contributed by atoms with Gasteiger partial charge in [-0.15, -0.1) is 0 Å². The van der Waals surface area contributed by atoms with E-state index in [1.807, 2.05) is 0 Å². The van der Waals surface area contributed by atoms with Gasteiger partial charge in [0.15, 0.2) is 0 Å². The van der Waals surface area contributed by atoms with Gasteiger partial charge in [0, 0.05) is 18.3 Å². The van der Waals surface area contributed by atoms with Crippen LogP contribution in [0.2, 0.25) is 0 Å². The molecule has 0 aliphatic carbocycles. The van der Waals surface area contributed by atoms with Gasteiger partial charge < -0.3 is 5.32 Å². The van der Waals surface area contributed by atoms with Crippen molar-refractivity contribution in [2.24, 2.45) is 0 Å². The lowest BCUT2D eigenvalue weighted by Crippen LogP contribution is -2.38. The van der Waals surface area contributed by atoms with Crippen LogP contribution in [0.4, 0.5) is 17.2 Å². The van der Waals surface area contributed by atoms with Crippen LogP contribution in [0.3, 0.4) is 0 Å². The van der Waals surface area contributed by atoms with Gasteiger partial charge >= 0.3 is 0 Å². The fourth-order valence-electron chi connectivity index (χ4n) is 2.52. The van der Waals surface area contributed by atoms with E-state index in [9.17, 15) is 23.3 Å². The number of aromatic nitrogens is 1. The molecule has 1 aromatic heterocycles. The number of nitrogens with one attached hydrogen (secondary N) is 1. The average molecular weight is 412 g/mol. The number of benzene rings is 2. The van der Waals surface area contributed by atoms with E-state index in [1.165, 1.54) is 42.6 Å². The second-order valence-corrected chi connectivity index (χ2v) is 7.72. The molecule has 3 rings (SSSR count). The number of nitrogens with zero attached hydrogens (tertiary/aromatic N) is 3. The third-order valence-corrected chi connectivity index (χ3v) is 5.69. The van der Waals surface area contributed by atoms with Crippen LogP contribution in [0.25, 0.3) is 0 Å². The maximum atomic E-state index is 13.1. The van der Waals surface area contributed by atoms with Crippen LogP contribution in [-0.2, 0) is 14.8 Å². The van der Waals surface area contributed by atoms with Gasteiger partial charge in [-0.1, -0.05) is 24.3 Å². The molecule has 9 nitrogen and oxygen atoms in total. The van der Waals surface area contributed by atoms with Crippen molar-refractivity contribution >= 4 is 33.1 Å². The van der Waals surface area contributed by atoms with Gasteiger partial charge in [0.25, 0.3) is 15.7 Å². The van der Waals surface area contributed by atoms with Crippen molar-refractivity contribution in [3.63, 3.8) is 0 Å². The summed E-state index contributed by atoms with van der Waals surface area (Å²) in [5, 5.41) is 13.4. The van der Waals surface area contributed by atoms with Crippen molar-refractivity contribution in [2.75, 3.05) is 16.2 Å². The summed E-state index contributed by atoms with van der Waals surface area (Å²) in [7, 11) is -4.09. The zero-order chi connectivity index (χ0) is 20.9. The molecule has 0 radical (unpaired) electrons. The molecule has 1 amide bonds. The summed E-state index contributed by atoms with van der Waals surface area (Å²) in [6.45, 7) is -0.536. The van der Waals surface area contributed by atoms with E-state index in [0.29, 0.717) is 0 Å². The van der Waals surface area contributed by atoms with E-state index < -0.39 is 27.4 Å². The maximum absolute atomic E-state index is 13.1. The monoisotopic (exact) mass is 412 g/mol. The number of nitro groups is 1. The fourth-order valence-corrected chi connectivity index (χ4v) is 3.97. The molecule has 148 valence electrons. The Morgan fingerprint density at radius 1 is 1.00 bits per heavy atom. The standard InChI is InChI=1S/C19H16N4O5S/c24-19(21-18-8-4-5-13-20-18)14-22(15-9-11-16(12-10-15)23(25)26)29(27,28)17-6-2-1-3-7-17/h1-13H,14H2,(H,20,21,24). The van der Waals surface area contributed by atoms with Crippen LogP contribution in [0, 0.1) is 10.1 Å². The van der Waals surface area contributed by atoms with Crippen LogP contribution in [0.15, 0.2) is 83.9 Å². The van der Waals surface area contributed by atoms with Crippen LogP contribution < -0.4 is 9.62 Å². The van der Waals surface area contributed by atoms with Gasteiger partial charge in [-0.25, -0.2) is 13.4 Å². The van der Waals surface area contributed by atoms with Gasteiger partial charge in [-0.05, 0) is 36.4 Å². The smallest absolute Gasteiger partial charge is 0.269 e. The quantitative estimate of drug-likeness (QED) is 0.470. The highest BCUT2D eigenvalue weighted by molar-refractivity contribution is 7.92. The lowest BCUT2D eigenvalue weighted by Gasteiger charge is -2.24. The molecule has 10 heteroatoms. The molecule has 0 saturated carbocycles. The van der Waals surface area contributed by atoms with Gasteiger partial charge in [-0.3, -0.25) is 19.2 Å². The highest BCUT2D eigenvalue weighted by Gasteiger charge is 2.27. The van der Waals surface area contributed by atoms with Crippen LogP contribution >= 0.6 is 0 Å². The lowest BCUT2D eigenvalue weighted by molar-refractivity contribution is -0.384. The summed E-state index contributed by atoms with van der Waals surface area (Å²) in [6, 6.07) is 17.5. The summed E-state index contributed by atoms with van der Waals surface area (Å²) >= 11 is 0. The normalized spacial score (nSPS) is 10.9. The molecule has 0 saturated heterocycles. The number of pyridine rings is 1. The highest BCUT2D eigenvalue weighted by Crippen LogP contribution is 2.25.